The summed E-state index contributed by atoms with van der Waals surface area (Å²) in [6.07, 6.45) is 3.37. The molecule has 2 aromatic heterocycles. The van der Waals surface area contributed by atoms with Crippen molar-refractivity contribution in [3.8, 4) is 0 Å². The molecule has 1 fully saturated rings. The Morgan fingerprint density at radius 3 is 2.57 bits per heavy atom. The first kappa shape index (κ1) is 24.8. The molecule has 0 unspecified atom stereocenters. The van der Waals surface area contributed by atoms with Crippen molar-refractivity contribution in [1.82, 2.24) is 15.3 Å². The molecule has 4 aromatic rings. The fourth-order valence-electron chi connectivity index (χ4n) is 4.69. The lowest BCUT2D eigenvalue weighted by atomic mass is 9.96. The molecule has 0 atom stereocenters. The highest BCUT2D eigenvalue weighted by atomic mass is 16.3. The average Bonchev–Trinajstić information content (AvgIpc) is 3.44. The largest absolute Gasteiger partial charge is 0.467 e. The lowest BCUT2D eigenvalue weighted by Crippen LogP contribution is -2.40. The van der Waals surface area contributed by atoms with Gasteiger partial charge in [0.15, 0.2) is 0 Å². The van der Waals surface area contributed by atoms with Crippen LogP contribution in [0.1, 0.15) is 29.7 Å². The predicted molar refractivity (Wildman–Crippen MR) is 148 cm³/mol. The second-order valence-electron chi connectivity index (χ2n) is 9.84. The van der Waals surface area contributed by atoms with Crippen molar-refractivity contribution in [3.05, 3.63) is 77.7 Å². The van der Waals surface area contributed by atoms with Crippen molar-refractivity contribution in [2.75, 3.05) is 42.3 Å². The number of hydrogen-bond donors (Lipinski definition) is 2. The Kier molecular flexibility index (Phi) is 7.37. The second kappa shape index (κ2) is 11.0. The van der Waals surface area contributed by atoms with Crippen molar-refractivity contribution in [2.24, 2.45) is 5.92 Å². The van der Waals surface area contributed by atoms with Gasteiger partial charge in [0.25, 0.3) is 0 Å². The van der Waals surface area contributed by atoms with Crippen LogP contribution in [0.3, 0.4) is 0 Å². The maximum atomic E-state index is 13.5. The summed E-state index contributed by atoms with van der Waals surface area (Å²) in [6, 6.07) is 18.2. The topological polar surface area (TPSA) is 86.5 Å². The molecule has 8 nitrogen and oxygen atoms in total. The summed E-state index contributed by atoms with van der Waals surface area (Å²) in [5, 5.41) is 7.83. The summed E-state index contributed by atoms with van der Waals surface area (Å²) in [5.41, 5.74) is 4.06. The first-order chi connectivity index (χ1) is 18.0. The number of benzene rings is 2. The molecule has 1 aliphatic heterocycles. The molecule has 1 saturated heterocycles. The van der Waals surface area contributed by atoms with Crippen molar-refractivity contribution < 1.29 is 9.21 Å². The predicted octanol–water partition coefficient (Wildman–Crippen LogP) is 4.74. The van der Waals surface area contributed by atoms with Crippen LogP contribution in [0.4, 0.5) is 17.5 Å². The van der Waals surface area contributed by atoms with Crippen LogP contribution in [-0.2, 0) is 17.9 Å². The highest BCUT2D eigenvalue weighted by Crippen LogP contribution is 2.26. The molecular weight excluding hydrogens is 464 g/mol. The number of hydrogen-bond acceptors (Lipinski definition) is 7. The van der Waals surface area contributed by atoms with Gasteiger partial charge in [0, 0.05) is 37.6 Å². The van der Waals surface area contributed by atoms with Gasteiger partial charge in [-0.1, -0.05) is 18.2 Å². The maximum absolute atomic E-state index is 13.5. The molecule has 2 N–H and O–H groups in total. The Morgan fingerprint density at radius 2 is 1.86 bits per heavy atom. The number of aromatic nitrogens is 2. The third kappa shape index (κ3) is 5.75. The molecule has 0 radical (unpaired) electrons. The number of furan rings is 1. The summed E-state index contributed by atoms with van der Waals surface area (Å²) in [6.45, 7) is 4.85. The zero-order chi connectivity index (χ0) is 25.8. The zero-order valence-electron chi connectivity index (χ0n) is 21.7. The fourth-order valence-corrected chi connectivity index (χ4v) is 4.69. The van der Waals surface area contributed by atoms with Gasteiger partial charge in [0.05, 0.1) is 18.3 Å². The molecule has 0 bridgehead atoms. The standard InChI is InChI=1S/C29H34N6O2/c1-20-6-11-25-26(17-20)32-29(34(2)3)33-27(25)31-18-21-7-9-23(10-8-21)35(19-24-5-4-16-37-24)28(36)22-12-14-30-15-13-22/h4-11,16-17,22,30H,12-15,18-19H2,1-3H3,(H,31,32,33). The molecular formula is C29H34N6O2. The van der Waals surface area contributed by atoms with Crippen LogP contribution in [0.2, 0.25) is 0 Å². The molecule has 0 saturated carbocycles. The van der Waals surface area contributed by atoms with Crippen molar-refractivity contribution in [1.29, 1.82) is 0 Å². The van der Waals surface area contributed by atoms with Crippen LogP contribution in [0.25, 0.3) is 10.9 Å². The summed E-state index contributed by atoms with van der Waals surface area (Å²) < 4.78 is 5.57. The molecule has 2 aromatic carbocycles. The van der Waals surface area contributed by atoms with Crippen molar-refractivity contribution >= 4 is 34.3 Å². The third-order valence-electron chi connectivity index (χ3n) is 6.80. The Labute approximate surface area is 217 Å². The molecule has 0 aliphatic carbocycles. The van der Waals surface area contributed by atoms with Gasteiger partial charge < -0.3 is 24.9 Å². The van der Waals surface area contributed by atoms with Gasteiger partial charge in [0.2, 0.25) is 11.9 Å². The highest BCUT2D eigenvalue weighted by molar-refractivity contribution is 5.95. The minimum absolute atomic E-state index is 0.0260. The number of nitrogens with zero attached hydrogens (tertiary/aromatic N) is 4. The van der Waals surface area contributed by atoms with Gasteiger partial charge in [-0.05, 0) is 80.4 Å². The van der Waals surface area contributed by atoms with E-state index in [9.17, 15) is 4.79 Å². The number of aryl methyl sites for hydroxylation is 1. The molecule has 8 heteroatoms. The molecule has 5 rings (SSSR count). The van der Waals surface area contributed by atoms with Gasteiger partial charge in [-0.3, -0.25) is 4.79 Å². The summed E-state index contributed by atoms with van der Waals surface area (Å²) >= 11 is 0. The highest BCUT2D eigenvalue weighted by Gasteiger charge is 2.27. The summed E-state index contributed by atoms with van der Waals surface area (Å²) in [4.78, 5) is 26.7. The van der Waals surface area contributed by atoms with E-state index in [0.29, 0.717) is 19.0 Å². The van der Waals surface area contributed by atoms with Gasteiger partial charge >= 0.3 is 0 Å². The van der Waals surface area contributed by atoms with E-state index in [4.69, 9.17) is 14.4 Å². The van der Waals surface area contributed by atoms with Crippen LogP contribution in [-0.4, -0.2) is 43.1 Å². The Bertz CT molecular complexity index is 1350. The number of piperidine rings is 1. The molecule has 192 valence electrons. The quantitative estimate of drug-likeness (QED) is 0.363. The van der Waals surface area contributed by atoms with E-state index < -0.39 is 0 Å². The number of rotatable bonds is 8. The van der Waals surface area contributed by atoms with E-state index in [-0.39, 0.29) is 11.8 Å². The van der Waals surface area contributed by atoms with Crippen molar-refractivity contribution in [2.45, 2.75) is 32.9 Å². The van der Waals surface area contributed by atoms with Crippen molar-refractivity contribution in [3.63, 3.8) is 0 Å². The van der Waals surface area contributed by atoms with Gasteiger partial charge in [-0.2, -0.15) is 4.98 Å². The molecule has 3 heterocycles. The first-order valence-electron chi connectivity index (χ1n) is 12.8. The minimum atomic E-state index is 0.0260. The van der Waals surface area contributed by atoms with Gasteiger partial charge in [-0.25, -0.2) is 4.98 Å². The minimum Gasteiger partial charge on any atom is -0.467 e. The Hall–Kier alpha value is -3.91. The number of carbonyl (C=O) groups excluding carboxylic acids is 1. The van der Waals surface area contributed by atoms with Crippen LogP contribution >= 0.6 is 0 Å². The van der Waals surface area contributed by atoms with E-state index in [1.54, 1.807) is 6.26 Å². The lowest BCUT2D eigenvalue weighted by Gasteiger charge is -2.29. The van der Waals surface area contributed by atoms with E-state index in [1.165, 1.54) is 0 Å². The number of fused-ring (bicyclic) bond motifs is 1. The van der Waals surface area contributed by atoms with E-state index in [1.807, 2.05) is 48.2 Å². The molecule has 37 heavy (non-hydrogen) atoms. The van der Waals surface area contributed by atoms with Crippen LogP contribution in [0, 0.1) is 12.8 Å². The zero-order valence-corrected chi connectivity index (χ0v) is 21.7. The smallest absolute Gasteiger partial charge is 0.230 e. The molecule has 1 amide bonds. The molecule has 0 spiro atoms. The SMILES string of the molecule is Cc1ccc2c(NCc3ccc(N(Cc4ccco4)C(=O)C4CCNCC4)cc3)nc(N(C)C)nc2c1. The van der Waals surface area contributed by atoms with E-state index in [0.717, 1.165) is 65.2 Å². The number of nitrogens with one attached hydrogen (secondary N) is 2. The summed E-state index contributed by atoms with van der Waals surface area (Å²) in [7, 11) is 3.89. The van der Waals surface area contributed by atoms with E-state index >= 15 is 0 Å². The normalized spacial score (nSPS) is 14.0. The van der Waals surface area contributed by atoms with Gasteiger partial charge in [0.1, 0.15) is 11.6 Å². The second-order valence-corrected chi connectivity index (χ2v) is 9.84. The van der Waals surface area contributed by atoms with E-state index in [2.05, 4.69) is 47.9 Å². The van der Waals surface area contributed by atoms with Crippen LogP contribution in [0.15, 0.2) is 65.3 Å². The maximum Gasteiger partial charge on any atom is 0.230 e. The van der Waals surface area contributed by atoms with Crippen LogP contribution in [0.5, 0.6) is 0 Å². The van der Waals surface area contributed by atoms with Gasteiger partial charge in [-0.15, -0.1) is 0 Å². The monoisotopic (exact) mass is 498 g/mol. The molecule has 1 aliphatic rings. The third-order valence-corrected chi connectivity index (χ3v) is 6.80. The Morgan fingerprint density at radius 1 is 1.08 bits per heavy atom. The first-order valence-corrected chi connectivity index (χ1v) is 12.8. The van der Waals surface area contributed by atoms with Crippen LogP contribution < -0.4 is 20.4 Å². The Balaban J connectivity index is 1.35. The number of carbonyl (C=O) groups is 1. The lowest BCUT2D eigenvalue weighted by molar-refractivity contribution is -0.123. The number of amides is 1. The summed E-state index contributed by atoms with van der Waals surface area (Å²) in [5.74, 6) is 2.43. The average molecular weight is 499 g/mol. The number of anilines is 3. The fraction of sp³-hybridized carbons (Fsp3) is 0.345.